The fourth-order valence-electron chi connectivity index (χ4n) is 3.79. The van der Waals surface area contributed by atoms with Gasteiger partial charge in [-0.2, -0.15) is 5.10 Å². The molecule has 0 aliphatic carbocycles. The number of hydrogen-bond donors (Lipinski definition) is 2. The largest absolute Gasteiger partial charge is 0.393 e. The molecule has 0 saturated carbocycles. The molecule has 7 heteroatoms. The van der Waals surface area contributed by atoms with E-state index in [9.17, 15) is 9.90 Å². The van der Waals surface area contributed by atoms with Crippen molar-refractivity contribution in [3.8, 4) is 0 Å². The summed E-state index contributed by atoms with van der Waals surface area (Å²) in [7, 11) is 1.99. The first-order valence-corrected chi connectivity index (χ1v) is 9.23. The van der Waals surface area contributed by atoms with Crippen LogP contribution in [0.25, 0.3) is 10.9 Å². The van der Waals surface area contributed by atoms with Crippen molar-refractivity contribution in [2.24, 2.45) is 7.05 Å². The molecule has 0 bridgehead atoms. The van der Waals surface area contributed by atoms with Crippen LogP contribution in [0.1, 0.15) is 29.5 Å². The van der Waals surface area contributed by atoms with E-state index in [1.807, 2.05) is 35.0 Å². The van der Waals surface area contributed by atoms with Crippen LogP contribution in [0, 0.1) is 0 Å². The predicted octanol–water partition coefficient (Wildman–Crippen LogP) is 1.38. The molecule has 142 valence electrons. The summed E-state index contributed by atoms with van der Waals surface area (Å²) < 4.78 is 3.89. The van der Waals surface area contributed by atoms with Gasteiger partial charge in [-0.3, -0.25) is 9.48 Å². The van der Waals surface area contributed by atoms with Crippen LogP contribution >= 0.6 is 0 Å². The molecule has 0 radical (unpaired) electrons. The molecule has 1 aromatic carbocycles. The van der Waals surface area contributed by atoms with Gasteiger partial charge >= 0.3 is 0 Å². The van der Waals surface area contributed by atoms with Crippen molar-refractivity contribution in [2.75, 3.05) is 13.2 Å². The third-order valence-corrected chi connectivity index (χ3v) is 5.22. The zero-order chi connectivity index (χ0) is 19.0. The first-order valence-electron chi connectivity index (χ1n) is 9.23. The van der Waals surface area contributed by atoms with Crippen LogP contribution in [0.4, 0.5) is 0 Å². The van der Waals surface area contributed by atoms with Crippen molar-refractivity contribution in [1.29, 1.82) is 0 Å². The number of benzene rings is 1. The zero-order valence-corrected chi connectivity index (χ0v) is 15.4. The van der Waals surface area contributed by atoms with Crippen molar-refractivity contribution in [3.05, 3.63) is 53.5 Å². The van der Waals surface area contributed by atoms with Crippen LogP contribution in [0.2, 0.25) is 0 Å². The topological polar surface area (TPSA) is 83.5 Å². The number of fused-ring (bicyclic) bond motifs is 2. The number of carbonyl (C=O) groups excluding carboxylic acids is 1. The fourth-order valence-corrected chi connectivity index (χ4v) is 3.79. The molecule has 27 heavy (non-hydrogen) atoms. The Morgan fingerprint density at radius 3 is 2.93 bits per heavy atom. The minimum Gasteiger partial charge on any atom is -0.393 e. The fraction of sp³-hybridized carbons (Fsp3) is 0.400. The zero-order valence-electron chi connectivity index (χ0n) is 15.4. The Morgan fingerprint density at radius 1 is 1.30 bits per heavy atom. The van der Waals surface area contributed by atoms with E-state index in [0.717, 1.165) is 28.6 Å². The molecular formula is C20H24N4O3. The highest BCUT2D eigenvalue weighted by molar-refractivity contribution is 5.89. The lowest BCUT2D eigenvalue weighted by atomic mass is 10.1. The monoisotopic (exact) mass is 368 g/mol. The first kappa shape index (κ1) is 17.8. The Labute approximate surface area is 157 Å². The van der Waals surface area contributed by atoms with Gasteiger partial charge in [-0.15, -0.1) is 0 Å². The molecule has 1 amide bonds. The number of aliphatic hydroxyl groups is 2. The number of para-hydroxylation sites is 1. The number of aliphatic hydroxyl groups excluding tert-OH is 2. The third kappa shape index (κ3) is 3.36. The van der Waals surface area contributed by atoms with E-state index in [-0.39, 0.29) is 12.5 Å². The van der Waals surface area contributed by atoms with Crippen molar-refractivity contribution in [3.63, 3.8) is 0 Å². The van der Waals surface area contributed by atoms with E-state index in [0.29, 0.717) is 31.7 Å². The van der Waals surface area contributed by atoms with Crippen LogP contribution in [-0.2, 0) is 31.4 Å². The highest BCUT2D eigenvalue weighted by Gasteiger charge is 2.23. The summed E-state index contributed by atoms with van der Waals surface area (Å²) in [6.07, 6.45) is 2.22. The summed E-state index contributed by atoms with van der Waals surface area (Å²) in [5.74, 6) is 0.0882. The Kier molecular flexibility index (Phi) is 4.72. The summed E-state index contributed by atoms with van der Waals surface area (Å²) in [4.78, 5) is 14.8. The van der Waals surface area contributed by atoms with Crippen LogP contribution in [0.3, 0.4) is 0 Å². The molecule has 2 N–H and O–H groups in total. The number of rotatable bonds is 4. The number of aryl methyl sites for hydroxylation is 2. The number of carbonyl (C=O) groups is 1. The molecule has 3 aromatic rings. The van der Waals surface area contributed by atoms with Gasteiger partial charge in [0, 0.05) is 37.2 Å². The van der Waals surface area contributed by atoms with E-state index in [1.54, 1.807) is 6.07 Å². The lowest BCUT2D eigenvalue weighted by molar-refractivity contribution is -0.131. The number of amides is 1. The first-order chi connectivity index (χ1) is 13.1. The van der Waals surface area contributed by atoms with Crippen LogP contribution in [0.15, 0.2) is 36.5 Å². The second-order valence-electron chi connectivity index (χ2n) is 7.11. The maximum absolute atomic E-state index is 13.0. The molecule has 0 fully saturated rings. The Hall–Kier alpha value is -2.64. The predicted molar refractivity (Wildman–Crippen MR) is 101 cm³/mol. The van der Waals surface area contributed by atoms with E-state index in [4.69, 9.17) is 5.11 Å². The second kappa shape index (κ2) is 7.17. The van der Waals surface area contributed by atoms with Gasteiger partial charge in [0.15, 0.2) is 0 Å². The SMILES string of the molecule is Cn1cc(CC(=O)N2CCCn3nc([C@@H](O)CO)cc3C2)c2ccccc21. The maximum atomic E-state index is 13.0. The summed E-state index contributed by atoms with van der Waals surface area (Å²) in [5.41, 5.74) is 3.50. The Bertz CT molecular complexity index is 975. The number of nitrogens with zero attached hydrogens (tertiary/aromatic N) is 4. The normalized spacial score (nSPS) is 15.6. The van der Waals surface area contributed by atoms with E-state index in [2.05, 4.69) is 21.8 Å². The molecule has 1 aliphatic heterocycles. The molecule has 0 saturated heterocycles. The molecule has 1 aliphatic rings. The van der Waals surface area contributed by atoms with Gasteiger partial charge < -0.3 is 19.7 Å². The molecule has 4 rings (SSSR count). The quantitative estimate of drug-likeness (QED) is 0.729. The minimum atomic E-state index is -0.982. The molecule has 1 atom stereocenters. The highest BCUT2D eigenvalue weighted by Crippen LogP contribution is 2.23. The molecule has 0 spiro atoms. The van der Waals surface area contributed by atoms with Crippen molar-refractivity contribution in [2.45, 2.75) is 32.0 Å². The summed E-state index contributed by atoms with van der Waals surface area (Å²) >= 11 is 0. The van der Waals surface area contributed by atoms with E-state index < -0.39 is 6.10 Å². The van der Waals surface area contributed by atoms with Crippen molar-refractivity contribution >= 4 is 16.8 Å². The molecular weight excluding hydrogens is 344 g/mol. The molecule has 2 aromatic heterocycles. The average Bonchev–Trinajstić information content (AvgIpc) is 3.15. The summed E-state index contributed by atoms with van der Waals surface area (Å²) in [6.45, 7) is 1.49. The van der Waals surface area contributed by atoms with Crippen LogP contribution in [-0.4, -0.2) is 48.5 Å². The summed E-state index contributed by atoms with van der Waals surface area (Å²) in [6, 6.07) is 9.89. The smallest absolute Gasteiger partial charge is 0.227 e. The Morgan fingerprint density at radius 2 is 2.11 bits per heavy atom. The highest BCUT2D eigenvalue weighted by atomic mass is 16.3. The molecule has 0 unspecified atom stereocenters. The molecule has 3 heterocycles. The third-order valence-electron chi connectivity index (χ3n) is 5.22. The number of hydrogen-bond acceptors (Lipinski definition) is 4. The van der Waals surface area contributed by atoms with Crippen molar-refractivity contribution in [1.82, 2.24) is 19.2 Å². The van der Waals surface area contributed by atoms with Gasteiger partial charge in [-0.05, 0) is 24.1 Å². The lowest BCUT2D eigenvalue weighted by Gasteiger charge is -2.20. The van der Waals surface area contributed by atoms with Gasteiger partial charge in [-0.25, -0.2) is 0 Å². The van der Waals surface area contributed by atoms with Gasteiger partial charge in [0.1, 0.15) is 6.10 Å². The van der Waals surface area contributed by atoms with Crippen molar-refractivity contribution < 1.29 is 15.0 Å². The van der Waals surface area contributed by atoms with Crippen LogP contribution in [0.5, 0.6) is 0 Å². The molecule has 7 nitrogen and oxygen atoms in total. The maximum Gasteiger partial charge on any atom is 0.227 e. The average molecular weight is 368 g/mol. The van der Waals surface area contributed by atoms with Gasteiger partial charge in [0.25, 0.3) is 0 Å². The van der Waals surface area contributed by atoms with E-state index in [1.165, 1.54) is 0 Å². The van der Waals surface area contributed by atoms with Gasteiger partial charge in [0.05, 0.1) is 31.0 Å². The number of aromatic nitrogens is 3. The van der Waals surface area contributed by atoms with Gasteiger partial charge in [-0.1, -0.05) is 18.2 Å². The second-order valence-corrected chi connectivity index (χ2v) is 7.11. The standard InChI is InChI=1S/C20H24N4O3/c1-22-11-14(16-5-2-3-6-18(16)22)9-20(27)23-7-4-8-24-15(12-23)10-17(21-24)19(26)13-25/h2-3,5-6,10-11,19,25-26H,4,7-9,12-13H2,1H3/t19-/m0/s1. The Balaban J connectivity index is 1.54. The van der Waals surface area contributed by atoms with E-state index >= 15 is 0 Å². The summed E-state index contributed by atoms with van der Waals surface area (Å²) in [5, 5.41) is 24.4. The van der Waals surface area contributed by atoms with Gasteiger partial charge in [0.2, 0.25) is 5.91 Å². The minimum absolute atomic E-state index is 0.0882. The lowest BCUT2D eigenvalue weighted by Crippen LogP contribution is -2.32. The van der Waals surface area contributed by atoms with Crippen LogP contribution < -0.4 is 0 Å².